The highest BCUT2D eigenvalue weighted by atomic mass is 79.9. The van der Waals surface area contributed by atoms with Gasteiger partial charge in [0.25, 0.3) is 0 Å². The Kier molecular flexibility index (Phi) is 5.90. The summed E-state index contributed by atoms with van der Waals surface area (Å²) in [5.74, 6) is -0.659. The van der Waals surface area contributed by atoms with Crippen LogP contribution in [0.25, 0.3) is 0 Å². The van der Waals surface area contributed by atoms with Gasteiger partial charge in [0, 0.05) is 15.9 Å². The van der Waals surface area contributed by atoms with E-state index in [-0.39, 0.29) is 18.1 Å². The first kappa shape index (κ1) is 16.1. The van der Waals surface area contributed by atoms with Gasteiger partial charge in [-0.25, -0.2) is 4.39 Å². The fourth-order valence-corrected chi connectivity index (χ4v) is 2.97. The summed E-state index contributed by atoms with van der Waals surface area (Å²) in [5, 5.41) is 4.62. The van der Waals surface area contributed by atoms with Gasteiger partial charge in [0.15, 0.2) is 0 Å². The topological polar surface area (TPSA) is 32.3 Å². The monoisotopic (exact) mass is 370 g/mol. The zero-order chi connectivity index (χ0) is 15.2. The number of benzene rings is 1. The highest BCUT2D eigenvalue weighted by Gasteiger charge is 2.12. The molecule has 0 aliphatic carbocycles. The number of nitrogens with one attached hydrogen (secondary N) is 1. The molecular weight excluding hydrogens is 355 g/mol. The molecule has 3 nitrogen and oxygen atoms in total. The van der Waals surface area contributed by atoms with Crippen LogP contribution in [0.1, 0.15) is 11.8 Å². The molecule has 0 aliphatic heterocycles. The lowest BCUT2D eigenvalue weighted by Crippen LogP contribution is -2.32. The van der Waals surface area contributed by atoms with E-state index >= 15 is 0 Å². The molecule has 1 aromatic carbocycles. The predicted molar refractivity (Wildman–Crippen MR) is 88.0 cm³/mol. The van der Waals surface area contributed by atoms with E-state index in [4.69, 9.17) is 0 Å². The van der Waals surface area contributed by atoms with Crippen molar-refractivity contribution in [3.8, 4) is 0 Å². The summed E-state index contributed by atoms with van der Waals surface area (Å²) >= 11 is 4.85. The molecule has 6 heteroatoms. The van der Waals surface area contributed by atoms with Gasteiger partial charge < -0.3 is 5.32 Å². The fourth-order valence-electron chi connectivity index (χ4n) is 1.89. The van der Waals surface area contributed by atoms with E-state index in [1.807, 2.05) is 29.3 Å². The van der Waals surface area contributed by atoms with E-state index in [1.165, 1.54) is 10.9 Å². The van der Waals surface area contributed by atoms with Crippen LogP contribution in [0.4, 0.5) is 10.1 Å². The summed E-state index contributed by atoms with van der Waals surface area (Å²) in [6.45, 7) is 3.73. The molecule has 1 heterocycles. The number of carbonyl (C=O) groups is 1. The minimum Gasteiger partial charge on any atom is -0.322 e. The molecule has 1 N–H and O–H groups in total. The molecule has 0 spiro atoms. The molecule has 0 saturated heterocycles. The molecule has 2 aromatic rings. The van der Waals surface area contributed by atoms with Crippen LogP contribution in [0.15, 0.2) is 40.2 Å². The lowest BCUT2D eigenvalue weighted by atomic mass is 10.3. The normalized spacial score (nSPS) is 10.9. The SMILES string of the molecule is CCN(CC(=O)Nc1ccc(Br)cc1F)Cc1cccs1. The lowest BCUT2D eigenvalue weighted by Gasteiger charge is -2.19. The largest absolute Gasteiger partial charge is 0.322 e. The van der Waals surface area contributed by atoms with Crippen molar-refractivity contribution in [1.29, 1.82) is 0 Å². The number of hydrogen-bond acceptors (Lipinski definition) is 3. The van der Waals surface area contributed by atoms with Crippen LogP contribution in [0, 0.1) is 5.82 Å². The Hall–Kier alpha value is -1.24. The van der Waals surface area contributed by atoms with Gasteiger partial charge in [0.05, 0.1) is 12.2 Å². The summed E-state index contributed by atoms with van der Waals surface area (Å²) in [6, 6.07) is 8.61. The maximum absolute atomic E-state index is 13.7. The van der Waals surface area contributed by atoms with E-state index in [2.05, 4.69) is 21.2 Å². The number of carbonyl (C=O) groups excluding carboxylic acids is 1. The number of likely N-dealkylation sites (N-methyl/N-ethyl adjacent to an activating group) is 1. The lowest BCUT2D eigenvalue weighted by molar-refractivity contribution is -0.117. The number of anilines is 1. The van der Waals surface area contributed by atoms with Gasteiger partial charge in [0.2, 0.25) is 5.91 Å². The third kappa shape index (κ3) is 4.91. The van der Waals surface area contributed by atoms with Crippen molar-refractivity contribution in [2.75, 3.05) is 18.4 Å². The number of nitrogens with zero attached hydrogens (tertiary/aromatic N) is 1. The van der Waals surface area contributed by atoms with Crippen molar-refractivity contribution < 1.29 is 9.18 Å². The smallest absolute Gasteiger partial charge is 0.238 e. The Morgan fingerprint density at radius 1 is 1.43 bits per heavy atom. The minimum absolute atomic E-state index is 0.204. The summed E-state index contributed by atoms with van der Waals surface area (Å²) in [6.07, 6.45) is 0. The standard InChI is InChI=1S/C15H16BrFN2OS/c1-2-19(9-12-4-3-7-21-12)10-15(20)18-14-6-5-11(16)8-13(14)17/h3-8H,2,9-10H2,1H3,(H,18,20). The number of hydrogen-bond donors (Lipinski definition) is 1. The van der Waals surface area contributed by atoms with Gasteiger partial charge in [-0.15, -0.1) is 11.3 Å². The fraction of sp³-hybridized carbons (Fsp3) is 0.267. The highest BCUT2D eigenvalue weighted by Crippen LogP contribution is 2.19. The summed E-state index contributed by atoms with van der Waals surface area (Å²) in [5.41, 5.74) is 0.204. The molecule has 0 aliphatic rings. The maximum Gasteiger partial charge on any atom is 0.238 e. The molecule has 0 unspecified atom stereocenters. The van der Waals surface area contributed by atoms with Crippen molar-refractivity contribution in [3.05, 3.63) is 50.9 Å². The van der Waals surface area contributed by atoms with Gasteiger partial charge in [-0.1, -0.05) is 28.9 Å². The van der Waals surface area contributed by atoms with E-state index < -0.39 is 5.82 Å². The van der Waals surface area contributed by atoms with Crippen LogP contribution in [0.3, 0.4) is 0 Å². The van der Waals surface area contributed by atoms with Crippen molar-refractivity contribution >= 4 is 38.9 Å². The molecule has 0 radical (unpaired) electrons. The Bertz CT molecular complexity index is 604. The molecular formula is C15H16BrFN2OS. The predicted octanol–water partition coefficient (Wildman–Crippen LogP) is 4.11. The Balaban J connectivity index is 1.93. The average Bonchev–Trinajstić information content (AvgIpc) is 2.94. The van der Waals surface area contributed by atoms with E-state index in [9.17, 15) is 9.18 Å². The van der Waals surface area contributed by atoms with Gasteiger partial charge >= 0.3 is 0 Å². The third-order valence-corrected chi connectivity index (χ3v) is 4.33. The number of thiophene rings is 1. The third-order valence-electron chi connectivity index (χ3n) is 2.98. The van der Waals surface area contributed by atoms with Crippen LogP contribution in [-0.2, 0) is 11.3 Å². The van der Waals surface area contributed by atoms with Crippen LogP contribution in [0.2, 0.25) is 0 Å². The van der Waals surface area contributed by atoms with E-state index in [0.717, 1.165) is 13.1 Å². The second-order valence-corrected chi connectivity index (χ2v) is 6.50. The van der Waals surface area contributed by atoms with Crippen molar-refractivity contribution in [2.24, 2.45) is 0 Å². The van der Waals surface area contributed by atoms with E-state index in [0.29, 0.717) is 4.47 Å². The zero-order valence-corrected chi connectivity index (χ0v) is 14.0. The molecule has 112 valence electrons. The van der Waals surface area contributed by atoms with Crippen LogP contribution in [0.5, 0.6) is 0 Å². The summed E-state index contributed by atoms with van der Waals surface area (Å²) in [7, 11) is 0. The van der Waals surface area contributed by atoms with Crippen molar-refractivity contribution in [2.45, 2.75) is 13.5 Å². The maximum atomic E-state index is 13.7. The molecule has 0 atom stereocenters. The summed E-state index contributed by atoms with van der Waals surface area (Å²) in [4.78, 5) is 15.2. The quantitative estimate of drug-likeness (QED) is 0.829. The second kappa shape index (κ2) is 7.68. The highest BCUT2D eigenvalue weighted by molar-refractivity contribution is 9.10. The Morgan fingerprint density at radius 2 is 2.24 bits per heavy atom. The second-order valence-electron chi connectivity index (χ2n) is 4.55. The number of rotatable bonds is 6. The van der Waals surface area contributed by atoms with Gasteiger partial charge in [-0.2, -0.15) is 0 Å². The van der Waals surface area contributed by atoms with E-state index in [1.54, 1.807) is 23.5 Å². The Labute approximate surface area is 135 Å². The van der Waals surface area contributed by atoms with Gasteiger partial charge in [-0.05, 0) is 36.2 Å². The zero-order valence-electron chi connectivity index (χ0n) is 11.6. The average molecular weight is 371 g/mol. The van der Waals surface area contributed by atoms with Gasteiger partial charge in [0.1, 0.15) is 5.82 Å². The van der Waals surface area contributed by atoms with Crippen molar-refractivity contribution in [1.82, 2.24) is 4.90 Å². The van der Waals surface area contributed by atoms with Gasteiger partial charge in [-0.3, -0.25) is 9.69 Å². The molecule has 21 heavy (non-hydrogen) atoms. The first-order chi connectivity index (χ1) is 10.1. The number of amides is 1. The molecule has 0 fully saturated rings. The molecule has 1 amide bonds. The molecule has 2 rings (SSSR count). The van der Waals surface area contributed by atoms with Crippen LogP contribution >= 0.6 is 27.3 Å². The molecule has 0 saturated carbocycles. The van der Waals surface area contributed by atoms with Crippen LogP contribution < -0.4 is 5.32 Å². The number of halogens is 2. The first-order valence-electron chi connectivity index (χ1n) is 6.58. The summed E-state index contributed by atoms with van der Waals surface area (Å²) < 4.78 is 14.3. The molecule has 1 aromatic heterocycles. The first-order valence-corrected chi connectivity index (χ1v) is 8.25. The molecule has 0 bridgehead atoms. The minimum atomic E-state index is -0.445. The van der Waals surface area contributed by atoms with Crippen molar-refractivity contribution in [3.63, 3.8) is 0 Å². The van der Waals surface area contributed by atoms with Crippen LogP contribution in [-0.4, -0.2) is 23.9 Å². The Morgan fingerprint density at radius 3 is 2.86 bits per heavy atom.